The average molecular weight is 939 g/mol. The van der Waals surface area contributed by atoms with Crippen molar-refractivity contribution in [3.05, 3.63) is 59.7 Å². The van der Waals surface area contributed by atoms with Gasteiger partial charge in [-0.2, -0.15) is 0 Å². The minimum Gasteiger partial charge on any atom is -0.508 e. The van der Waals surface area contributed by atoms with Gasteiger partial charge < -0.3 is 53.9 Å². The Balaban J connectivity index is 1.55. The first kappa shape index (κ1) is 55.4. The molecule has 0 bridgehead atoms. The Labute approximate surface area is 397 Å². The number of allylic oxidation sites excluding steroid dienone is 2. The van der Waals surface area contributed by atoms with Crippen molar-refractivity contribution in [2.45, 2.75) is 174 Å². The van der Waals surface area contributed by atoms with Crippen LogP contribution in [-0.4, -0.2) is 142 Å². The second-order valence-corrected chi connectivity index (χ2v) is 19.6. The van der Waals surface area contributed by atoms with E-state index >= 15 is 0 Å². The number of aromatic hydroxyl groups is 1. The number of cyclic esters (lactones) is 1. The molecule has 2 aromatic carbocycles. The van der Waals surface area contributed by atoms with Gasteiger partial charge in [-0.3, -0.25) is 19.2 Å². The molecule has 2 heterocycles. The topological polar surface area (TPSA) is 202 Å². The number of ether oxygens (including phenoxy) is 5. The van der Waals surface area contributed by atoms with E-state index in [1.165, 1.54) is 13.8 Å². The summed E-state index contributed by atoms with van der Waals surface area (Å²) in [5.74, 6) is -5.01. The van der Waals surface area contributed by atoms with E-state index in [0.717, 1.165) is 35.1 Å². The van der Waals surface area contributed by atoms with Crippen molar-refractivity contribution in [2.24, 2.45) is 17.8 Å². The maximum absolute atomic E-state index is 14.3. The van der Waals surface area contributed by atoms with E-state index in [1.54, 1.807) is 59.0 Å². The van der Waals surface area contributed by atoms with Gasteiger partial charge in [-0.25, -0.2) is 0 Å². The fourth-order valence-corrected chi connectivity index (χ4v) is 9.86. The fraction of sp³-hybridized carbons (Fsp3) is 0.654. The predicted molar refractivity (Wildman–Crippen MR) is 255 cm³/mol. The average Bonchev–Trinajstić information content (AvgIpc) is 3.27. The van der Waals surface area contributed by atoms with Gasteiger partial charge in [0.25, 0.3) is 0 Å². The van der Waals surface area contributed by atoms with Crippen LogP contribution in [0.4, 0.5) is 0 Å². The van der Waals surface area contributed by atoms with Crippen LogP contribution >= 0.6 is 0 Å². The molecule has 0 aromatic heterocycles. The molecular formula is C52H78N2O13. The highest BCUT2D eigenvalue weighted by Crippen LogP contribution is 2.37. The molecule has 2 aromatic rings. The van der Waals surface area contributed by atoms with E-state index in [9.17, 15) is 39.6 Å². The normalized spacial score (nSPS) is 33.2. The van der Waals surface area contributed by atoms with E-state index in [4.69, 9.17) is 23.7 Å². The molecule has 13 atom stereocenters. The minimum absolute atomic E-state index is 0.111. The highest BCUT2D eigenvalue weighted by molar-refractivity contribution is 6.00. The van der Waals surface area contributed by atoms with E-state index in [2.05, 4.69) is 13.8 Å². The number of hydrogen-bond acceptors (Lipinski definition) is 15. The van der Waals surface area contributed by atoms with Crippen molar-refractivity contribution in [3.8, 4) is 11.5 Å². The quantitative estimate of drug-likeness (QED) is 0.0728. The molecule has 0 aliphatic carbocycles. The second-order valence-electron chi connectivity index (χ2n) is 19.6. The van der Waals surface area contributed by atoms with Crippen LogP contribution in [0.25, 0.3) is 11.1 Å². The Morgan fingerprint density at radius 3 is 1.96 bits per heavy atom. The summed E-state index contributed by atoms with van der Waals surface area (Å²) in [4.78, 5) is 58.4. The number of esters is 3. The third kappa shape index (κ3) is 14.0. The molecule has 0 saturated carbocycles. The third-order valence-electron chi connectivity index (χ3n) is 13.7. The Bertz CT molecular complexity index is 2000. The number of likely N-dealkylation sites (N-methyl/N-ethyl adjacent to an activating group) is 2. The number of aliphatic hydroxyl groups excluding tert-OH is 1. The third-order valence-corrected chi connectivity index (χ3v) is 13.7. The Morgan fingerprint density at radius 1 is 0.866 bits per heavy atom. The molecule has 0 radical (unpaired) electrons. The summed E-state index contributed by atoms with van der Waals surface area (Å²) in [5, 5.41) is 45.1. The molecule has 0 spiro atoms. The van der Waals surface area contributed by atoms with Gasteiger partial charge >= 0.3 is 17.9 Å². The van der Waals surface area contributed by atoms with Crippen molar-refractivity contribution in [2.75, 3.05) is 27.7 Å². The fourth-order valence-electron chi connectivity index (χ4n) is 9.86. The molecule has 2 fully saturated rings. The van der Waals surface area contributed by atoms with Gasteiger partial charge in [-0.15, -0.1) is 0 Å². The van der Waals surface area contributed by atoms with Crippen LogP contribution in [0.1, 0.15) is 125 Å². The Morgan fingerprint density at radius 2 is 1.42 bits per heavy atom. The van der Waals surface area contributed by atoms with Crippen LogP contribution in [0.2, 0.25) is 0 Å². The second kappa shape index (κ2) is 23.9. The summed E-state index contributed by atoms with van der Waals surface area (Å²) >= 11 is 0. The van der Waals surface area contributed by atoms with Crippen molar-refractivity contribution in [3.63, 3.8) is 0 Å². The molecule has 4 N–H and O–H groups in total. The number of ketones is 1. The van der Waals surface area contributed by atoms with Gasteiger partial charge in [0, 0.05) is 18.5 Å². The van der Waals surface area contributed by atoms with Gasteiger partial charge in [0.05, 0.1) is 36.7 Å². The zero-order valence-corrected chi connectivity index (χ0v) is 42.0. The maximum Gasteiger partial charge on any atom is 0.316 e. The molecule has 15 heteroatoms. The molecule has 2 aliphatic heterocycles. The number of carbonyl (C=O) groups excluding carboxylic acids is 4. The molecule has 2 aliphatic rings. The van der Waals surface area contributed by atoms with E-state index in [0.29, 0.717) is 18.7 Å². The first-order valence-corrected chi connectivity index (χ1v) is 23.9. The number of nitrogens with zero attached hydrogens (tertiary/aromatic N) is 2. The van der Waals surface area contributed by atoms with E-state index in [1.807, 2.05) is 62.0 Å². The van der Waals surface area contributed by atoms with Gasteiger partial charge in [-0.05, 0) is 140 Å². The van der Waals surface area contributed by atoms with Crippen molar-refractivity contribution < 1.29 is 63.3 Å². The molecule has 374 valence electrons. The molecule has 67 heavy (non-hydrogen) atoms. The number of phenolic OH excluding ortho intramolecular Hbond substituents is 1. The number of hydrogen-bond donors (Lipinski definition) is 4. The summed E-state index contributed by atoms with van der Waals surface area (Å²) in [6.45, 7) is 17.7. The smallest absolute Gasteiger partial charge is 0.316 e. The van der Waals surface area contributed by atoms with E-state index in [-0.39, 0.29) is 37.4 Å². The van der Waals surface area contributed by atoms with Gasteiger partial charge in [-0.1, -0.05) is 58.9 Å². The first-order chi connectivity index (χ1) is 31.4. The summed E-state index contributed by atoms with van der Waals surface area (Å²) in [5.41, 5.74) is 0.696. The lowest BCUT2D eigenvalue weighted by atomic mass is 9.78. The summed E-state index contributed by atoms with van der Waals surface area (Å²) < 4.78 is 30.5. The molecular weight excluding hydrogens is 861 g/mol. The number of carbonyl (C=O) groups is 4. The van der Waals surface area contributed by atoms with Crippen LogP contribution in [0.15, 0.2) is 48.5 Å². The minimum atomic E-state index is -1.85. The lowest BCUT2D eigenvalue weighted by molar-refractivity contribution is -0.296. The Hall–Kier alpha value is -4.22. The largest absolute Gasteiger partial charge is 0.508 e. The number of Topliss-reactive ketones (excluding diaryl/α,β-unsaturated/α-hetero) is 1. The maximum atomic E-state index is 14.3. The standard InChI is InChI=1S/C52H78N2O13/c1-14-39(35-17-21-37(55)22-18-35)40(15-2)36-19-23-38(24-20-36)64-43(56)25-26-44(57)66-46-41(53(11)12)27-31(5)63-50(46)67-48-32(6)45(58)33(7)49(60)65-42(16-3)52(10,62)47(59)34(8)54(13)29-30(4)28-51(48,9)61/h17-24,30-34,41-42,46-48,50,55,59,61-62H,14-16,25-29H2,1-13H3/b40-39+/t30-,31-,32+,33-,34-,41?,42-,46-,47-,48-,50+,51-,52-/m1/s1. The Kier molecular flexibility index (Phi) is 19.7. The summed E-state index contributed by atoms with van der Waals surface area (Å²) in [6.07, 6.45) is -4.82. The van der Waals surface area contributed by atoms with Crippen molar-refractivity contribution >= 4 is 34.8 Å². The zero-order chi connectivity index (χ0) is 50.1. The van der Waals surface area contributed by atoms with Crippen LogP contribution < -0.4 is 4.74 Å². The number of aliphatic hydroxyl groups is 3. The first-order valence-electron chi connectivity index (χ1n) is 23.9. The molecule has 2 saturated heterocycles. The van der Waals surface area contributed by atoms with E-state index < -0.39 is 95.6 Å². The SMILES string of the molecule is CC/C(=C(/CC)c1ccc(OC(=O)CCC(=O)O[C@@H]2C(N(C)C)C[C@@H](C)O[C@H]2O[C@@H]2[C@@H](C)C(=O)[C@@H](C)C(=O)O[C@H](CC)[C@@](C)(O)[C@H](O)[C@@H](C)N(C)C[C@H](C)C[C@@]2(C)O)cc1)c1ccc(O)cc1. The summed E-state index contributed by atoms with van der Waals surface area (Å²) in [7, 11) is 5.45. The van der Waals surface area contributed by atoms with Crippen LogP contribution in [0.3, 0.4) is 0 Å². The van der Waals surface area contributed by atoms with Gasteiger partial charge in [0.15, 0.2) is 18.2 Å². The van der Waals surface area contributed by atoms with Gasteiger partial charge in [0.1, 0.15) is 35.2 Å². The number of rotatable bonds is 13. The molecule has 4 rings (SSSR count). The molecule has 0 amide bonds. The zero-order valence-electron chi connectivity index (χ0n) is 42.0. The van der Waals surface area contributed by atoms with Gasteiger partial charge in [0.2, 0.25) is 0 Å². The van der Waals surface area contributed by atoms with Crippen LogP contribution in [0.5, 0.6) is 11.5 Å². The predicted octanol–water partition coefficient (Wildman–Crippen LogP) is 6.56. The highest BCUT2D eigenvalue weighted by Gasteiger charge is 2.51. The lowest BCUT2D eigenvalue weighted by Gasteiger charge is -2.46. The monoisotopic (exact) mass is 939 g/mol. The highest BCUT2D eigenvalue weighted by atomic mass is 16.7. The lowest BCUT2D eigenvalue weighted by Crippen LogP contribution is -2.60. The number of benzene rings is 2. The summed E-state index contributed by atoms with van der Waals surface area (Å²) in [6, 6.07) is 13.3. The number of phenols is 1. The molecule has 15 nitrogen and oxygen atoms in total. The molecule has 1 unspecified atom stereocenters. The van der Waals surface area contributed by atoms with Crippen LogP contribution in [-0.2, 0) is 38.1 Å². The van der Waals surface area contributed by atoms with Crippen molar-refractivity contribution in [1.82, 2.24) is 9.80 Å². The van der Waals surface area contributed by atoms with Crippen LogP contribution in [0, 0.1) is 17.8 Å². The van der Waals surface area contributed by atoms with Crippen molar-refractivity contribution in [1.29, 1.82) is 0 Å².